The fraction of sp³-hybridized carbons (Fsp3) is 0.650. The number of carbonyl (C=O) groups excluding carboxylic acids is 1. The van der Waals surface area contributed by atoms with Crippen molar-refractivity contribution in [1.29, 1.82) is 0 Å². The third-order valence-corrected chi connectivity index (χ3v) is 3.62. The van der Waals surface area contributed by atoms with Crippen molar-refractivity contribution < 1.29 is 19.7 Å². The summed E-state index contributed by atoms with van der Waals surface area (Å²) in [4.78, 5) is 11.6. The zero-order valence-corrected chi connectivity index (χ0v) is 16.8. The van der Waals surface area contributed by atoms with Crippen molar-refractivity contribution in [3.05, 3.63) is 35.4 Å². The lowest BCUT2D eigenvalue weighted by atomic mass is 10.0. The molecule has 0 fully saturated rings. The molecule has 1 amide bonds. The van der Waals surface area contributed by atoms with Crippen molar-refractivity contribution in [1.82, 2.24) is 10.6 Å². The molecule has 1 rings (SSSR count). The van der Waals surface area contributed by atoms with Gasteiger partial charge in [0.25, 0.3) is 0 Å². The van der Waals surface area contributed by atoms with Gasteiger partial charge in [0.2, 0.25) is 0 Å². The molecular weight excluding hydrogens is 332 g/mol. The normalized spacial score (nSPS) is 14.6. The van der Waals surface area contributed by atoms with Crippen LogP contribution < -0.4 is 10.6 Å². The summed E-state index contributed by atoms with van der Waals surface area (Å²) in [6, 6.07) is 7.50. The van der Waals surface area contributed by atoms with Crippen molar-refractivity contribution in [3.8, 4) is 0 Å². The lowest BCUT2D eigenvalue weighted by molar-refractivity contribution is 0.0123. The second kappa shape index (κ2) is 9.35. The molecule has 0 heterocycles. The predicted molar refractivity (Wildman–Crippen MR) is 103 cm³/mol. The van der Waals surface area contributed by atoms with Gasteiger partial charge in [0.15, 0.2) is 0 Å². The van der Waals surface area contributed by atoms with Crippen LogP contribution in [-0.4, -0.2) is 40.1 Å². The quantitative estimate of drug-likeness (QED) is 0.596. The Bertz CT molecular complexity index is 559. The van der Waals surface area contributed by atoms with Crippen LogP contribution in [0.1, 0.15) is 65.2 Å². The van der Waals surface area contributed by atoms with Crippen molar-refractivity contribution in [2.24, 2.45) is 0 Å². The number of nitrogens with one attached hydrogen (secondary N) is 2. The maximum Gasteiger partial charge on any atom is 0.407 e. The summed E-state index contributed by atoms with van der Waals surface area (Å²) < 4.78 is 5.12. The highest BCUT2D eigenvalue weighted by Crippen LogP contribution is 2.19. The third-order valence-electron chi connectivity index (χ3n) is 3.62. The van der Waals surface area contributed by atoms with E-state index in [1.807, 2.05) is 24.3 Å². The van der Waals surface area contributed by atoms with E-state index in [9.17, 15) is 15.0 Å². The van der Waals surface area contributed by atoms with E-state index in [4.69, 9.17) is 4.74 Å². The fourth-order valence-electron chi connectivity index (χ4n) is 2.22. The summed E-state index contributed by atoms with van der Waals surface area (Å²) in [7, 11) is 0. The number of hydrogen-bond acceptors (Lipinski definition) is 5. The van der Waals surface area contributed by atoms with Gasteiger partial charge in [-0.2, -0.15) is 0 Å². The van der Waals surface area contributed by atoms with Crippen LogP contribution in [0, 0.1) is 0 Å². The number of carbonyl (C=O) groups is 1. The fourth-order valence-corrected chi connectivity index (χ4v) is 2.22. The first-order valence-electron chi connectivity index (χ1n) is 9.04. The zero-order valence-electron chi connectivity index (χ0n) is 16.8. The Balaban J connectivity index is 2.45. The smallest absolute Gasteiger partial charge is 0.407 e. The molecule has 0 aliphatic carbocycles. The Morgan fingerprint density at radius 1 is 1.08 bits per heavy atom. The van der Waals surface area contributed by atoms with E-state index in [0.29, 0.717) is 5.56 Å². The molecule has 0 bridgehead atoms. The Hall–Kier alpha value is -1.63. The van der Waals surface area contributed by atoms with Crippen molar-refractivity contribution in [2.75, 3.05) is 6.54 Å². The molecule has 2 unspecified atom stereocenters. The van der Waals surface area contributed by atoms with Gasteiger partial charge in [0.05, 0.1) is 6.10 Å². The Labute approximate surface area is 157 Å². The van der Waals surface area contributed by atoms with Crippen molar-refractivity contribution in [2.45, 2.75) is 77.9 Å². The second-order valence-corrected chi connectivity index (χ2v) is 8.57. The number of alkyl carbamates (subject to hydrolysis) is 1. The van der Waals surface area contributed by atoms with Gasteiger partial charge in [-0.3, -0.25) is 0 Å². The van der Waals surface area contributed by atoms with Crippen molar-refractivity contribution >= 4 is 6.09 Å². The third kappa shape index (κ3) is 9.17. The molecule has 6 heteroatoms. The Morgan fingerprint density at radius 2 is 1.65 bits per heavy atom. The number of aliphatic hydroxyl groups excluding tert-OH is 2. The van der Waals surface area contributed by atoms with Crippen LogP contribution in [-0.2, 0) is 11.3 Å². The molecule has 0 aromatic heterocycles. The second-order valence-electron chi connectivity index (χ2n) is 8.57. The predicted octanol–water partition coefficient (Wildman–Crippen LogP) is 2.88. The van der Waals surface area contributed by atoms with E-state index >= 15 is 0 Å². The SMILES string of the molecule is CC(C)(C)NCc1ccc(C(O)C(O)CCNC(=O)OC(C)(C)C)cc1. The first-order chi connectivity index (χ1) is 11.9. The van der Waals surface area contributed by atoms with Gasteiger partial charge in [-0.05, 0) is 59.1 Å². The molecule has 1 aromatic carbocycles. The molecule has 1 aromatic rings. The van der Waals surface area contributed by atoms with Crippen LogP contribution in [0.4, 0.5) is 4.79 Å². The molecule has 0 saturated heterocycles. The molecule has 2 atom stereocenters. The Kier molecular flexibility index (Phi) is 8.06. The molecule has 0 spiro atoms. The summed E-state index contributed by atoms with van der Waals surface area (Å²) in [6.07, 6.45) is -2.27. The van der Waals surface area contributed by atoms with Crippen LogP contribution in [0.15, 0.2) is 24.3 Å². The minimum absolute atomic E-state index is 0.0372. The summed E-state index contributed by atoms with van der Waals surface area (Å²) in [5.74, 6) is 0. The maximum atomic E-state index is 11.6. The zero-order chi connectivity index (χ0) is 20.0. The van der Waals surface area contributed by atoms with Gasteiger partial charge in [-0.1, -0.05) is 24.3 Å². The largest absolute Gasteiger partial charge is 0.444 e. The highest BCUT2D eigenvalue weighted by atomic mass is 16.6. The first-order valence-corrected chi connectivity index (χ1v) is 9.04. The highest BCUT2D eigenvalue weighted by Gasteiger charge is 2.20. The molecular formula is C20H34N2O4. The van der Waals surface area contributed by atoms with Gasteiger partial charge in [-0.15, -0.1) is 0 Å². The first kappa shape index (κ1) is 22.4. The average Bonchev–Trinajstić information content (AvgIpc) is 2.50. The maximum absolute atomic E-state index is 11.6. The van der Waals surface area contributed by atoms with Crippen LogP contribution in [0.25, 0.3) is 0 Å². The van der Waals surface area contributed by atoms with Gasteiger partial charge in [0, 0.05) is 18.6 Å². The molecule has 0 saturated carbocycles. The lowest BCUT2D eigenvalue weighted by Crippen LogP contribution is -2.35. The molecule has 4 N–H and O–H groups in total. The van der Waals surface area contributed by atoms with E-state index in [2.05, 4.69) is 31.4 Å². The number of rotatable bonds is 7. The number of hydrogen-bond donors (Lipinski definition) is 4. The highest BCUT2D eigenvalue weighted by molar-refractivity contribution is 5.67. The van der Waals surface area contributed by atoms with E-state index in [0.717, 1.165) is 12.1 Å². The average molecular weight is 367 g/mol. The summed E-state index contributed by atoms with van der Waals surface area (Å²) in [5.41, 5.74) is 1.23. The molecule has 6 nitrogen and oxygen atoms in total. The summed E-state index contributed by atoms with van der Waals surface area (Å²) in [5, 5.41) is 26.4. The number of amides is 1. The molecule has 26 heavy (non-hydrogen) atoms. The molecule has 0 aliphatic heterocycles. The minimum Gasteiger partial charge on any atom is -0.444 e. The Morgan fingerprint density at radius 3 is 2.15 bits per heavy atom. The van der Waals surface area contributed by atoms with Crippen LogP contribution in [0.3, 0.4) is 0 Å². The number of ether oxygens (including phenoxy) is 1. The summed E-state index contributed by atoms with van der Waals surface area (Å²) in [6.45, 7) is 12.6. The van der Waals surface area contributed by atoms with E-state index in [-0.39, 0.29) is 18.5 Å². The van der Waals surface area contributed by atoms with Gasteiger partial charge >= 0.3 is 6.09 Å². The summed E-state index contributed by atoms with van der Waals surface area (Å²) >= 11 is 0. The van der Waals surface area contributed by atoms with E-state index in [1.54, 1.807) is 20.8 Å². The van der Waals surface area contributed by atoms with Crippen LogP contribution >= 0.6 is 0 Å². The number of benzene rings is 1. The van der Waals surface area contributed by atoms with Crippen LogP contribution in [0.5, 0.6) is 0 Å². The number of aliphatic hydroxyl groups is 2. The monoisotopic (exact) mass is 366 g/mol. The van der Waals surface area contributed by atoms with Gasteiger partial charge in [-0.25, -0.2) is 4.79 Å². The molecule has 0 radical (unpaired) electrons. The van der Waals surface area contributed by atoms with E-state index < -0.39 is 23.9 Å². The standard InChI is InChI=1S/C20H34N2O4/c1-19(2,3)22-13-14-7-9-15(10-8-14)17(24)16(23)11-12-21-18(25)26-20(4,5)6/h7-10,16-17,22-24H,11-13H2,1-6H3,(H,21,25). The topological polar surface area (TPSA) is 90.8 Å². The van der Waals surface area contributed by atoms with Crippen molar-refractivity contribution in [3.63, 3.8) is 0 Å². The minimum atomic E-state index is -1.000. The van der Waals surface area contributed by atoms with Gasteiger partial charge < -0.3 is 25.6 Å². The molecule has 148 valence electrons. The molecule has 0 aliphatic rings. The lowest BCUT2D eigenvalue weighted by Gasteiger charge is -2.22. The van der Waals surface area contributed by atoms with Gasteiger partial charge in [0.1, 0.15) is 11.7 Å². The van der Waals surface area contributed by atoms with E-state index in [1.165, 1.54) is 0 Å². The van der Waals surface area contributed by atoms with Crippen LogP contribution in [0.2, 0.25) is 0 Å².